The molecule has 3 aromatic rings. The largest absolute Gasteiger partial charge is 0.305 e. The van der Waals surface area contributed by atoms with E-state index < -0.39 is 0 Å². The Morgan fingerprint density at radius 1 is 0.786 bits per heavy atom. The third-order valence-corrected chi connectivity index (χ3v) is 6.00. The third-order valence-electron chi connectivity index (χ3n) is 6.00. The second kappa shape index (κ2) is 7.63. The van der Waals surface area contributed by atoms with Crippen molar-refractivity contribution in [2.75, 3.05) is 16.5 Å². The van der Waals surface area contributed by atoms with Gasteiger partial charge in [0.05, 0.1) is 11.9 Å². The molecule has 0 N–H and O–H groups in total. The monoisotopic (exact) mass is 370 g/mol. The van der Waals surface area contributed by atoms with E-state index in [9.17, 15) is 0 Å². The highest BCUT2D eigenvalue weighted by atomic mass is 15.4. The van der Waals surface area contributed by atoms with Gasteiger partial charge in [0, 0.05) is 11.4 Å². The molecule has 0 bridgehead atoms. The average Bonchev–Trinajstić information content (AvgIpc) is 3.41. The Hall–Kier alpha value is -2.88. The van der Waals surface area contributed by atoms with Gasteiger partial charge in [-0.2, -0.15) is 0 Å². The topological polar surface area (TPSA) is 32.3 Å². The standard InChI is InChI=1S/C24H26N4/c1-3-11-21(12-4-1)27-18-28(22-13-5-2-6-14-22)24-23(27)25-17-20(26-24)16-15-19-9-7-8-10-19/h1-6,11-14,17,19H,7-10,15-16,18H2. The van der Waals surface area contributed by atoms with Crippen LogP contribution in [0.25, 0.3) is 0 Å². The summed E-state index contributed by atoms with van der Waals surface area (Å²) in [6, 6.07) is 21.0. The van der Waals surface area contributed by atoms with Crippen LogP contribution in [-0.4, -0.2) is 16.6 Å². The average molecular weight is 371 g/mol. The van der Waals surface area contributed by atoms with Crippen molar-refractivity contribution in [2.45, 2.75) is 38.5 Å². The van der Waals surface area contributed by atoms with Crippen molar-refractivity contribution in [1.29, 1.82) is 0 Å². The van der Waals surface area contributed by atoms with Crippen LogP contribution in [0.3, 0.4) is 0 Å². The first kappa shape index (κ1) is 17.2. The molecule has 142 valence electrons. The number of hydrogen-bond donors (Lipinski definition) is 0. The lowest BCUT2D eigenvalue weighted by atomic mass is 10.0. The van der Waals surface area contributed by atoms with Gasteiger partial charge in [0.15, 0.2) is 11.6 Å². The number of nitrogens with zero attached hydrogens (tertiary/aromatic N) is 4. The first-order valence-electron chi connectivity index (χ1n) is 10.4. The maximum absolute atomic E-state index is 5.07. The van der Waals surface area contributed by atoms with Crippen molar-refractivity contribution in [3.63, 3.8) is 0 Å². The molecular weight excluding hydrogens is 344 g/mol. The van der Waals surface area contributed by atoms with Gasteiger partial charge < -0.3 is 9.80 Å². The van der Waals surface area contributed by atoms with Crippen LogP contribution in [0.1, 0.15) is 37.8 Å². The highest BCUT2D eigenvalue weighted by Gasteiger charge is 2.31. The van der Waals surface area contributed by atoms with Gasteiger partial charge in [0.1, 0.15) is 6.67 Å². The number of aromatic nitrogens is 2. The van der Waals surface area contributed by atoms with Gasteiger partial charge in [-0.15, -0.1) is 0 Å². The maximum atomic E-state index is 5.07. The van der Waals surface area contributed by atoms with Gasteiger partial charge in [0.25, 0.3) is 0 Å². The minimum atomic E-state index is 0.732. The van der Waals surface area contributed by atoms with Crippen molar-refractivity contribution in [2.24, 2.45) is 5.92 Å². The van der Waals surface area contributed by atoms with E-state index >= 15 is 0 Å². The van der Waals surface area contributed by atoms with Crippen molar-refractivity contribution < 1.29 is 0 Å². The fraction of sp³-hybridized carbons (Fsp3) is 0.333. The molecular formula is C24H26N4. The number of anilines is 4. The zero-order valence-electron chi connectivity index (χ0n) is 16.2. The summed E-state index contributed by atoms with van der Waals surface area (Å²) in [6.07, 6.45) is 9.81. The third kappa shape index (κ3) is 3.35. The number of rotatable bonds is 5. The number of aryl methyl sites for hydroxylation is 1. The van der Waals surface area contributed by atoms with Gasteiger partial charge in [-0.25, -0.2) is 9.97 Å². The summed E-state index contributed by atoms with van der Waals surface area (Å²) in [7, 11) is 0. The Balaban J connectivity index is 1.47. The SMILES string of the molecule is c1ccc(N2CN(c3ccccc3)c3nc(CCC4CCCC4)cnc32)cc1. The molecule has 1 aromatic heterocycles. The molecule has 1 fully saturated rings. The summed E-state index contributed by atoms with van der Waals surface area (Å²) in [4.78, 5) is 14.4. The van der Waals surface area contributed by atoms with Crippen molar-refractivity contribution in [3.05, 3.63) is 72.6 Å². The zero-order chi connectivity index (χ0) is 18.8. The van der Waals surface area contributed by atoms with Crippen LogP contribution in [0.15, 0.2) is 66.9 Å². The fourth-order valence-corrected chi connectivity index (χ4v) is 4.45. The summed E-state index contributed by atoms with van der Waals surface area (Å²) < 4.78 is 0. The minimum Gasteiger partial charge on any atom is -0.305 e. The summed E-state index contributed by atoms with van der Waals surface area (Å²) >= 11 is 0. The summed E-state index contributed by atoms with van der Waals surface area (Å²) in [6.45, 7) is 0.732. The van der Waals surface area contributed by atoms with E-state index in [0.717, 1.165) is 47.7 Å². The molecule has 0 unspecified atom stereocenters. The molecule has 0 atom stereocenters. The van der Waals surface area contributed by atoms with Gasteiger partial charge in [-0.3, -0.25) is 0 Å². The number of hydrogen-bond acceptors (Lipinski definition) is 4. The predicted molar refractivity (Wildman–Crippen MR) is 114 cm³/mol. The molecule has 1 aliphatic heterocycles. The van der Waals surface area contributed by atoms with Crippen molar-refractivity contribution >= 4 is 23.0 Å². The molecule has 5 rings (SSSR count). The summed E-state index contributed by atoms with van der Waals surface area (Å²) in [5.41, 5.74) is 3.42. The number of fused-ring (bicyclic) bond motifs is 1. The van der Waals surface area contributed by atoms with E-state index in [-0.39, 0.29) is 0 Å². The van der Waals surface area contributed by atoms with Gasteiger partial charge >= 0.3 is 0 Å². The van der Waals surface area contributed by atoms with Gasteiger partial charge in [-0.05, 0) is 43.0 Å². The second-order valence-electron chi connectivity index (χ2n) is 7.87. The van der Waals surface area contributed by atoms with E-state index in [2.05, 4.69) is 64.4 Å². The predicted octanol–water partition coefficient (Wildman–Crippen LogP) is 5.85. The van der Waals surface area contributed by atoms with Crippen LogP contribution in [-0.2, 0) is 6.42 Å². The van der Waals surface area contributed by atoms with E-state index in [0.29, 0.717) is 0 Å². The molecule has 4 nitrogen and oxygen atoms in total. The summed E-state index contributed by atoms with van der Waals surface area (Å²) in [5, 5.41) is 0. The molecule has 4 heteroatoms. The molecule has 0 radical (unpaired) electrons. The first-order chi connectivity index (χ1) is 13.9. The maximum Gasteiger partial charge on any atom is 0.178 e. The lowest BCUT2D eigenvalue weighted by molar-refractivity contribution is 0.500. The van der Waals surface area contributed by atoms with Crippen LogP contribution in [0, 0.1) is 5.92 Å². The Kier molecular flexibility index (Phi) is 4.69. The molecule has 1 aliphatic carbocycles. The normalized spacial score (nSPS) is 16.6. The molecule has 0 saturated heterocycles. The quantitative estimate of drug-likeness (QED) is 0.564. The number of para-hydroxylation sites is 2. The molecule has 2 aromatic carbocycles. The van der Waals surface area contributed by atoms with E-state index in [4.69, 9.17) is 9.97 Å². The van der Waals surface area contributed by atoms with Crippen LogP contribution < -0.4 is 9.80 Å². The summed E-state index contributed by atoms with van der Waals surface area (Å²) in [5.74, 6) is 2.79. The first-order valence-corrected chi connectivity index (χ1v) is 10.4. The van der Waals surface area contributed by atoms with E-state index in [1.807, 2.05) is 12.3 Å². The van der Waals surface area contributed by atoms with Gasteiger partial charge in [-0.1, -0.05) is 62.1 Å². The second-order valence-corrected chi connectivity index (χ2v) is 7.87. The molecule has 0 amide bonds. The van der Waals surface area contributed by atoms with Crippen LogP contribution in [0.4, 0.5) is 23.0 Å². The van der Waals surface area contributed by atoms with Crippen molar-refractivity contribution in [1.82, 2.24) is 9.97 Å². The Labute approximate surface area is 166 Å². The molecule has 0 spiro atoms. The molecule has 2 aliphatic rings. The van der Waals surface area contributed by atoms with Crippen LogP contribution in [0.2, 0.25) is 0 Å². The van der Waals surface area contributed by atoms with E-state index in [1.54, 1.807) is 0 Å². The molecule has 28 heavy (non-hydrogen) atoms. The Bertz CT molecular complexity index is 920. The number of benzene rings is 2. The fourth-order valence-electron chi connectivity index (χ4n) is 4.45. The molecule has 2 heterocycles. The van der Waals surface area contributed by atoms with Crippen LogP contribution in [0.5, 0.6) is 0 Å². The highest BCUT2D eigenvalue weighted by Crippen LogP contribution is 2.41. The van der Waals surface area contributed by atoms with Crippen molar-refractivity contribution in [3.8, 4) is 0 Å². The van der Waals surface area contributed by atoms with Crippen LogP contribution >= 0.6 is 0 Å². The zero-order valence-corrected chi connectivity index (χ0v) is 16.2. The Morgan fingerprint density at radius 3 is 2.04 bits per heavy atom. The van der Waals surface area contributed by atoms with Gasteiger partial charge in [0.2, 0.25) is 0 Å². The smallest absolute Gasteiger partial charge is 0.178 e. The minimum absolute atomic E-state index is 0.732. The molecule has 1 saturated carbocycles. The van der Waals surface area contributed by atoms with E-state index in [1.165, 1.54) is 32.1 Å². The Morgan fingerprint density at radius 2 is 1.39 bits per heavy atom. The lowest BCUT2D eigenvalue weighted by Crippen LogP contribution is -2.24. The highest BCUT2D eigenvalue weighted by molar-refractivity contribution is 5.81. The lowest BCUT2D eigenvalue weighted by Gasteiger charge is -2.20.